The Hall–Kier alpha value is -3.11. The Kier molecular flexibility index (Phi) is 5.71. The smallest absolute Gasteiger partial charge is 0.387 e. The van der Waals surface area contributed by atoms with E-state index >= 15 is 0 Å². The van der Waals surface area contributed by atoms with E-state index < -0.39 is 6.61 Å². The highest BCUT2D eigenvalue weighted by Crippen LogP contribution is 2.31. The summed E-state index contributed by atoms with van der Waals surface area (Å²) in [5, 5.41) is 0.949. The largest absolute Gasteiger partial charge is 0.435 e. The first-order valence-electron chi connectivity index (χ1n) is 10.2. The zero-order chi connectivity index (χ0) is 22.1. The Labute approximate surface area is 187 Å². The molecule has 1 aliphatic heterocycles. The number of para-hydroxylation sites is 1. The fourth-order valence-corrected chi connectivity index (χ4v) is 4.72. The van der Waals surface area contributed by atoms with Crippen LogP contribution in [0, 0.1) is 6.92 Å². The van der Waals surface area contributed by atoms with Crippen molar-refractivity contribution < 1.29 is 18.3 Å². The van der Waals surface area contributed by atoms with Gasteiger partial charge in [-0.15, -0.1) is 0 Å². The van der Waals surface area contributed by atoms with E-state index in [4.69, 9.17) is 9.47 Å². The number of imidazole rings is 1. The maximum Gasteiger partial charge on any atom is 0.387 e. The van der Waals surface area contributed by atoms with Gasteiger partial charge in [-0.2, -0.15) is 8.78 Å². The van der Waals surface area contributed by atoms with E-state index in [1.54, 1.807) is 35.7 Å². The highest BCUT2D eigenvalue weighted by Gasteiger charge is 2.18. The first kappa shape index (κ1) is 20.8. The number of benzene rings is 1. The van der Waals surface area contributed by atoms with Crippen LogP contribution in [-0.4, -0.2) is 52.3 Å². The summed E-state index contributed by atoms with van der Waals surface area (Å²) in [5.74, 6) is 0.170. The minimum absolute atomic E-state index is 0.170. The molecule has 166 valence electrons. The van der Waals surface area contributed by atoms with Gasteiger partial charge in [-0.1, -0.05) is 29.5 Å². The summed E-state index contributed by atoms with van der Waals surface area (Å²) in [5.41, 5.74) is 3.86. The van der Waals surface area contributed by atoms with Crippen LogP contribution in [0.5, 0.6) is 5.75 Å². The highest BCUT2D eigenvalue weighted by atomic mass is 32.1. The quantitative estimate of drug-likeness (QED) is 0.433. The van der Waals surface area contributed by atoms with Crippen LogP contribution in [0.3, 0.4) is 0 Å². The highest BCUT2D eigenvalue weighted by molar-refractivity contribution is 7.18. The molecule has 1 aliphatic rings. The average Bonchev–Trinajstić information content (AvgIpc) is 3.40. The third-order valence-corrected chi connectivity index (χ3v) is 6.46. The first-order chi connectivity index (χ1) is 15.6. The number of aromatic nitrogens is 4. The van der Waals surface area contributed by atoms with Gasteiger partial charge in [0.05, 0.1) is 41.4 Å². The molecular weight excluding hydrogens is 436 g/mol. The van der Waals surface area contributed by atoms with E-state index in [1.807, 2.05) is 29.8 Å². The molecule has 4 heterocycles. The minimum Gasteiger partial charge on any atom is -0.435 e. The summed E-state index contributed by atoms with van der Waals surface area (Å²) in [6.45, 7) is 2.08. The Morgan fingerprint density at radius 2 is 1.97 bits per heavy atom. The lowest BCUT2D eigenvalue weighted by Crippen LogP contribution is -2.36. The third kappa shape index (κ3) is 4.15. The number of alkyl halides is 2. The van der Waals surface area contributed by atoms with Gasteiger partial charge >= 0.3 is 6.61 Å². The lowest BCUT2D eigenvalue weighted by molar-refractivity contribution is -0.0503. The summed E-state index contributed by atoms with van der Waals surface area (Å²) in [6.07, 6.45) is 5.89. The fraction of sp³-hybridized carbons (Fsp3) is 0.318. The first-order valence-corrected chi connectivity index (χ1v) is 11.1. The molecule has 0 spiro atoms. The van der Waals surface area contributed by atoms with E-state index in [1.165, 1.54) is 0 Å². The average molecular weight is 458 g/mol. The monoisotopic (exact) mass is 457 g/mol. The number of hydrogen-bond acceptors (Lipinski definition) is 7. The second-order valence-corrected chi connectivity index (χ2v) is 8.42. The molecule has 7 nitrogen and oxygen atoms in total. The molecule has 1 aromatic carbocycles. The number of nitrogens with zero attached hydrogens (tertiary/aromatic N) is 5. The molecule has 0 amide bonds. The Morgan fingerprint density at radius 3 is 2.78 bits per heavy atom. The second kappa shape index (κ2) is 8.79. The van der Waals surface area contributed by atoms with Gasteiger partial charge in [-0.25, -0.2) is 15.0 Å². The van der Waals surface area contributed by atoms with Crippen molar-refractivity contribution in [1.29, 1.82) is 0 Å². The van der Waals surface area contributed by atoms with Crippen molar-refractivity contribution in [3.63, 3.8) is 0 Å². The van der Waals surface area contributed by atoms with Crippen molar-refractivity contribution in [2.45, 2.75) is 20.0 Å². The molecule has 10 heteroatoms. The van der Waals surface area contributed by atoms with Crippen molar-refractivity contribution in [3.8, 4) is 16.3 Å². The lowest BCUT2D eigenvalue weighted by atomic mass is 10.1. The van der Waals surface area contributed by atoms with Crippen LogP contribution in [0.15, 0.2) is 42.9 Å². The Morgan fingerprint density at radius 1 is 1.16 bits per heavy atom. The second-order valence-electron chi connectivity index (χ2n) is 7.41. The van der Waals surface area contributed by atoms with Crippen LogP contribution >= 0.6 is 11.3 Å². The summed E-state index contributed by atoms with van der Waals surface area (Å²) < 4.78 is 37.7. The number of anilines is 1. The number of hydrogen-bond donors (Lipinski definition) is 0. The molecule has 0 N–H and O–H groups in total. The standard InChI is InChI=1S/C22H21F2N5O2S/c1-14-17(10-15-4-2-3-5-18(15)31-21(23)24)29-13-16(25-12-20(29)27-14)19-11-26-22(32-19)28-6-8-30-9-7-28/h2-5,11-13,21H,6-10H2,1H3. The summed E-state index contributed by atoms with van der Waals surface area (Å²) in [6, 6.07) is 6.83. The molecule has 1 saturated heterocycles. The number of ether oxygens (including phenoxy) is 2. The number of rotatable bonds is 6. The molecular formula is C22H21F2N5O2S. The van der Waals surface area contributed by atoms with Gasteiger partial charge < -0.3 is 14.4 Å². The van der Waals surface area contributed by atoms with Crippen LogP contribution < -0.4 is 9.64 Å². The van der Waals surface area contributed by atoms with Gasteiger partial charge in [0.2, 0.25) is 0 Å². The molecule has 32 heavy (non-hydrogen) atoms. The number of fused-ring (bicyclic) bond motifs is 1. The Balaban J connectivity index is 1.48. The maximum atomic E-state index is 12.8. The van der Waals surface area contributed by atoms with Crippen LogP contribution in [0.1, 0.15) is 17.0 Å². The fourth-order valence-electron chi connectivity index (χ4n) is 3.79. The number of aryl methyl sites for hydroxylation is 1. The predicted molar refractivity (Wildman–Crippen MR) is 118 cm³/mol. The van der Waals surface area contributed by atoms with Crippen molar-refractivity contribution in [2.75, 3.05) is 31.2 Å². The normalized spacial score (nSPS) is 14.4. The van der Waals surface area contributed by atoms with Gasteiger partial charge in [-0.05, 0) is 13.0 Å². The third-order valence-electron chi connectivity index (χ3n) is 5.38. The van der Waals surface area contributed by atoms with Gasteiger partial charge in [-0.3, -0.25) is 4.40 Å². The molecule has 4 aromatic rings. The van der Waals surface area contributed by atoms with Crippen molar-refractivity contribution >= 4 is 22.1 Å². The molecule has 0 saturated carbocycles. The van der Waals surface area contributed by atoms with Gasteiger partial charge in [0, 0.05) is 37.5 Å². The molecule has 0 bridgehead atoms. The summed E-state index contributed by atoms with van der Waals surface area (Å²) in [7, 11) is 0. The number of morpholine rings is 1. The van der Waals surface area contributed by atoms with Gasteiger partial charge in [0.25, 0.3) is 0 Å². The zero-order valence-electron chi connectivity index (χ0n) is 17.4. The van der Waals surface area contributed by atoms with E-state index in [2.05, 4.69) is 19.9 Å². The minimum atomic E-state index is -2.87. The Bertz CT molecular complexity index is 1240. The maximum absolute atomic E-state index is 12.8. The van der Waals surface area contributed by atoms with Crippen LogP contribution in [0.4, 0.5) is 13.9 Å². The van der Waals surface area contributed by atoms with Crippen molar-refractivity contribution in [2.24, 2.45) is 0 Å². The summed E-state index contributed by atoms with van der Waals surface area (Å²) in [4.78, 5) is 16.9. The molecule has 0 unspecified atom stereocenters. The van der Waals surface area contributed by atoms with Crippen LogP contribution in [-0.2, 0) is 11.2 Å². The molecule has 1 fully saturated rings. The van der Waals surface area contributed by atoms with E-state index in [0.29, 0.717) is 30.8 Å². The van der Waals surface area contributed by atoms with E-state index in [9.17, 15) is 8.78 Å². The number of thiazole rings is 1. The van der Waals surface area contributed by atoms with E-state index in [0.717, 1.165) is 40.2 Å². The van der Waals surface area contributed by atoms with Crippen LogP contribution in [0.25, 0.3) is 16.2 Å². The molecule has 0 aliphatic carbocycles. The SMILES string of the molecule is Cc1nc2cnc(-c3cnc(N4CCOCC4)s3)cn2c1Cc1ccccc1OC(F)F. The van der Waals surface area contributed by atoms with Gasteiger partial charge in [0.15, 0.2) is 10.8 Å². The van der Waals surface area contributed by atoms with Crippen LogP contribution in [0.2, 0.25) is 0 Å². The zero-order valence-corrected chi connectivity index (χ0v) is 18.2. The topological polar surface area (TPSA) is 64.8 Å². The molecule has 0 radical (unpaired) electrons. The molecule has 0 atom stereocenters. The van der Waals surface area contributed by atoms with Crippen molar-refractivity contribution in [3.05, 3.63) is 59.8 Å². The lowest BCUT2D eigenvalue weighted by Gasteiger charge is -2.25. The van der Waals surface area contributed by atoms with Crippen molar-refractivity contribution in [1.82, 2.24) is 19.4 Å². The van der Waals surface area contributed by atoms with E-state index in [-0.39, 0.29) is 5.75 Å². The summed E-state index contributed by atoms with van der Waals surface area (Å²) >= 11 is 1.59. The predicted octanol–water partition coefficient (Wildman–Crippen LogP) is 4.19. The van der Waals surface area contributed by atoms with Gasteiger partial charge in [0.1, 0.15) is 5.75 Å². The number of halogens is 2. The molecule has 5 rings (SSSR count). The molecule has 3 aromatic heterocycles.